The molecular weight excluding hydrogens is 236 g/mol. The smallest absolute Gasteiger partial charge is 0.138 e. The molecule has 0 spiro atoms. The van der Waals surface area contributed by atoms with Gasteiger partial charge in [-0.25, -0.2) is 0 Å². The summed E-state index contributed by atoms with van der Waals surface area (Å²) in [6.07, 6.45) is 1.63. The summed E-state index contributed by atoms with van der Waals surface area (Å²) in [6.45, 7) is 8.80. The van der Waals surface area contributed by atoms with Crippen molar-refractivity contribution in [3.05, 3.63) is 35.9 Å². The molecule has 0 amide bonds. The molecule has 0 bridgehead atoms. The first-order chi connectivity index (χ1) is 9.10. The Kier molecular flexibility index (Phi) is 6.79. The molecule has 0 saturated heterocycles. The molecular formula is C17H26O2. The van der Waals surface area contributed by atoms with Crippen molar-refractivity contribution in [1.29, 1.82) is 0 Å². The number of Topliss-reactive ketones (excluding diaryl/α,β-unsaturated/α-hetero) is 1. The van der Waals surface area contributed by atoms with Crippen molar-refractivity contribution in [2.24, 2.45) is 11.8 Å². The number of hydrogen-bond donors (Lipinski definition) is 0. The van der Waals surface area contributed by atoms with Gasteiger partial charge in [0.2, 0.25) is 0 Å². The second-order valence-corrected chi connectivity index (χ2v) is 5.26. The van der Waals surface area contributed by atoms with E-state index in [4.69, 9.17) is 4.74 Å². The van der Waals surface area contributed by atoms with E-state index in [2.05, 4.69) is 26.0 Å². The van der Waals surface area contributed by atoms with Crippen molar-refractivity contribution in [2.45, 2.75) is 53.2 Å². The van der Waals surface area contributed by atoms with Crippen molar-refractivity contribution in [2.75, 3.05) is 0 Å². The molecule has 0 heterocycles. The topological polar surface area (TPSA) is 26.3 Å². The van der Waals surface area contributed by atoms with Gasteiger partial charge in [0.1, 0.15) is 5.78 Å². The third-order valence-corrected chi connectivity index (χ3v) is 3.84. The molecule has 0 radical (unpaired) electrons. The maximum absolute atomic E-state index is 11.9. The maximum Gasteiger partial charge on any atom is 0.138 e. The zero-order chi connectivity index (χ0) is 14.3. The molecule has 19 heavy (non-hydrogen) atoms. The summed E-state index contributed by atoms with van der Waals surface area (Å²) < 4.78 is 6.04. The van der Waals surface area contributed by atoms with Gasteiger partial charge in [-0.3, -0.25) is 4.79 Å². The first-order valence-corrected chi connectivity index (χ1v) is 7.28. The number of benzene rings is 1. The molecule has 1 aromatic carbocycles. The zero-order valence-electron chi connectivity index (χ0n) is 12.6. The van der Waals surface area contributed by atoms with Gasteiger partial charge in [0.05, 0.1) is 12.7 Å². The van der Waals surface area contributed by atoms with E-state index in [9.17, 15) is 4.79 Å². The minimum Gasteiger partial charge on any atom is -0.373 e. The van der Waals surface area contributed by atoms with Crippen LogP contribution in [0.15, 0.2) is 30.3 Å². The van der Waals surface area contributed by atoms with E-state index >= 15 is 0 Å². The molecule has 0 aliphatic rings. The highest BCUT2D eigenvalue weighted by Gasteiger charge is 2.27. The summed E-state index contributed by atoms with van der Waals surface area (Å²) in [7, 11) is 0. The first kappa shape index (κ1) is 15.9. The van der Waals surface area contributed by atoms with Crippen LogP contribution in [0.3, 0.4) is 0 Å². The van der Waals surface area contributed by atoms with Crippen LogP contribution in [0.4, 0.5) is 0 Å². The molecule has 0 aliphatic heterocycles. The second-order valence-electron chi connectivity index (χ2n) is 5.26. The number of carbonyl (C=O) groups is 1. The highest BCUT2D eigenvalue weighted by molar-refractivity contribution is 5.80. The predicted molar refractivity (Wildman–Crippen MR) is 78.9 cm³/mol. The van der Waals surface area contributed by atoms with Gasteiger partial charge < -0.3 is 4.74 Å². The highest BCUT2D eigenvalue weighted by Crippen LogP contribution is 2.22. The van der Waals surface area contributed by atoms with Crippen molar-refractivity contribution >= 4 is 5.78 Å². The van der Waals surface area contributed by atoms with E-state index in [0.29, 0.717) is 24.7 Å². The van der Waals surface area contributed by atoms with E-state index in [1.807, 2.05) is 32.0 Å². The maximum atomic E-state index is 11.9. The summed E-state index contributed by atoms with van der Waals surface area (Å²) >= 11 is 0. The molecule has 0 aliphatic carbocycles. The Morgan fingerprint density at radius 3 is 2.32 bits per heavy atom. The van der Waals surface area contributed by atoms with Gasteiger partial charge in [-0.1, -0.05) is 64.4 Å². The van der Waals surface area contributed by atoms with Crippen LogP contribution in [0.1, 0.15) is 46.1 Å². The standard InChI is InChI=1S/C17H26O2/c1-5-13(3)17(14(4)16(18)6-2)19-12-15-10-8-7-9-11-15/h7-11,13-14,17H,5-6,12H2,1-4H3/t13-,14+,17-/m0/s1. The lowest BCUT2D eigenvalue weighted by molar-refractivity contribution is -0.129. The van der Waals surface area contributed by atoms with Gasteiger partial charge in [0.15, 0.2) is 0 Å². The number of ketones is 1. The van der Waals surface area contributed by atoms with Gasteiger partial charge in [-0.15, -0.1) is 0 Å². The third-order valence-electron chi connectivity index (χ3n) is 3.84. The molecule has 0 unspecified atom stereocenters. The van der Waals surface area contributed by atoms with Crippen molar-refractivity contribution in [3.8, 4) is 0 Å². The molecule has 0 saturated carbocycles. The first-order valence-electron chi connectivity index (χ1n) is 7.28. The van der Waals surface area contributed by atoms with Crippen LogP contribution in [0.25, 0.3) is 0 Å². The summed E-state index contributed by atoms with van der Waals surface area (Å²) in [6, 6.07) is 10.1. The van der Waals surface area contributed by atoms with Gasteiger partial charge in [0.25, 0.3) is 0 Å². The van der Waals surface area contributed by atoms with Crippen LogP contribution in [-0.2, 0) is 16.1 Å². The van der Waals surface area contributed by atoms with Crippen molar-refractivity contribution in [3.63, 3.8) is 0 Å². The fourth-order valence-electron chi connectivity index (χ4n) is 2.31. The number of ether oxygens (including phenoxy) is 1. The van der Waals surface area contributed by atoms with Crippen molar-refractivity contribution < 1.29 is 9.53 Å². The van der Waals surface area contributed by atoms with Crippen LogP contribution in [0, 0.1) is 11.8 Å². The Bertz CT molecular complexity index is 372. The zero-order valence-corrected chi connectivity index (χ0v) is 12.6. The lowest BCUT2D eigenvalue weighted by Gasteiger charge is -2.28. The van der Waals surface area contributed by atoms with Crippen LogP contribution in [0.5, 0.6) is 0 Å². The second kappa shape index (κ2) is 8.11. The van der Waals surface area contributed by atoms with Crippen LogP contribution < -0.4 is 0 Å². The van der Waals surface area contributed by atoms with E-state index in [1.54, 1.807) is 0 Å². The SMILES string of the molecule is CCC(=O)[C@@H](C)[C@@H](OCc1ccccc1)[C@@H](C)CC. The molecule has 2 nitrogen and oxygen atoms in total. The number of rotatable bonds is 8. The normalized spacial score (nSPS) is 15.8. The Labute approximate surface area is 117 Å². The molecule has 0 N–H and O–H groups in total. The Morgan fingerprint density at radius 2 is 1.79 bits per heavy atom. The molecule has 0 aromatic heterocycles. The lowest BCUT2D eigenvalue weighted by Crippen LogP contribution is -2.33. The van der Waals surface area contributed by atoms with Gasteiger partial charge >= 0.3 is 0 Å². The lowest BCUT2D eigenvalue weighted by atomic mass is 9.88. The number of carbonyl (C=O) groups excluding carboxylic acids is 1. The quantitative estimate of drug-likeness (QED) is 0.700. The Balaban J connectivity index is 2.67. The minimum atomic E-state index is -0.0244. The number of hydrogen-bond acceptors (Lipinski definition) is 2. The monoisotopic (exact) mass is 262 g/mol. The minimum absolute atomic E-state index is 0.0117. The van der Waals surface area contributed by atoms with E-state index in [0.717, 1.165) is 12.0 Å². The van der Waals surface area contributed by atoms with E-state index < -0.39 is 0 Å². The van der Waals surface area contributed by atoms with E-state index in [1.165, 1.54) is 0 Å². The van der Waals surface area contributed by atoms with Gasteiger partial charge in [0, 0.05) is 12.3 Å². The molecule has 106 valence electrons. The summed E-state index contributed by atoms with van der Waals surface area (Å²) in [5.74, 6) is 0.663. The predicted octanol–water partition coefficient (Wildman–Crippen LogP) is 4.23. The summed E-state index contributed by atoms with van der Waals surface area (Å²) in [5, 5.41) is 0. The molecule has 1 rings (SSSR count). The summed E-state index contributed by atoms with van der Waals surface area (Å²) in [4.78, 5) is 11.9. The third kappa shape index (κ3) is 4.79. The highest BCUT2D eigenvalue weighted by atomic mass is 16.5. The van der Waals surface area contributed by atoms with E-state index in [-0.39, 0.29) is 12.0 Å². The van der Waals surface area contributed by atoms with Crippen LogP contribution in [0.2, 0.25) is 0 Å². The molecule has 0 fully saturated rings. The average molecular weight is 262 g/mol. The van der Waals surface area contributed by atoms with Crippen molar-refractivity contribution in [1.82, 2.24) is 0 Å². The average Bonchev–Trinajstić information content (AvgIpc) is 2.47. The van der Waals surface area contributed by atoms with Gasteiger partial charge in [-0.2, -0.15) is 0 Å². The largest absolute Gasteiger partial charge is 0.373 e. The molecule has 1 aromatic rings. The Morgan fingerprint density at radius 1 is 1.16 bits per heavy atom. The fourth-order valence-corrected chi connectivity index (χ4v) is 2.31. The fraction of sp³-hybridized carbons (Fsp3) is 0.588. The molecule has 2 heteroatoms. The van der Waals surface area contributed by atoms with Gasteiger partial charge in [-0.05, 0) is 11.5 Å². The summed E-state index contributed by atoms with van der Waals surface area (Å²) in [5.41, 5.74) is 1.16. The van der Waals surface area contributed by atoms with Crippen LogP contribution >= 0.6 is 0 Å². The Hall–Kier alpha value is -1.15. The van der Waals surface area contributed by atoms with Crippen LogP contribution in [-0.4, -0.2) is 11.9 Å². The molecule has 3 atom stereocenters.